The number of halogens is 1. The molecule has 82 valence electrons. The van der Waals surface area contributed by atoms with Gasteiger partial charge in [-0.3, -0.25) is 0 Å². The molecular weight excluding hydrogens is 189 g/mol. The molecule has 0 spiro atoms. The number of rotatable bonds is 3. The van der Waals surface area contributed by atoms with Crippen molar-refractivity contribution in [3.8, 4) is 0 Å². The van der Waals surface area contributed by atoms with Crippen LogP contribution in [0.5, 0.6) is 0 Å². The summed E-state index contributed by atoms with van der Waals surface area (Å²) in [6, 6.07) is 4.95. The van der Waals surface area contributed by atoms with Crippen LogP contribution in [0.2, 0.25) is 0 Å². The van der Waals surface area contributed by atoms with Gasteiger partial charge in [0, 0.05) is 6.04 Å². The molecule has 0 saturated heterocycles. The maximum absolute atomic E-state index is 12.9. The van der Waals surface area contributed by atoms with Crippen molar-refractivity contribution in [1.82, 2.24) is 0 Å². The highest BCUT2D eigenvalue weighted by Gasteiger charge is 2.32. The topological polar surface area (TPSA) is 26.0 Å². The van der Waals surface area contributed by atoms with E-state index in [4.69, 9.17) is 5.73 Å². The fourth-order valence-electron chi connectivity index (χ4n) is 2.21. The lowest BCUT2D eigenvalue weighted by atomic mass is 9.89. The molecule has 1 nitrogen and oxygen atoms in total. The largest absolute Gasteiger partial charge is 0.324 e. The van der Waals surface area contributed by atoms with Crippen LogP contribution in [0, 0.1) is 24.6 Å². The molecule has 2 N–H and O–H groups in total. The van der Waals surface area contributed by atoms with E-state index in [0.717, 1.165) is 17.0 Å². The van der Waals surface area contributed by atoms with Crippen LogP contribution in [0.3, 0.4) is 0 Å². The second-order valence-electron chi connectivity index (χ2n) is 4.72. The number of benzene rings is 1. The molecule has 0 aliphatic heterocycles. The van der Waals surface area contributed by atoms with Gasteiger partial charge < -0.3 is 5.73 Å². The summed E-state index contributed by atoms with van der Waals surface area (Å²) in [5.74, 6) is 1.11. The molecule has 1 saturated carbocycles. The average Bonchev–Trinajstić information content (AvgIpc) is 2.99. The molecule has 0 amide bonds. The van der Waals surface area contributed by atoms with Crippen molar-refractivity contribution < 1.29 is 4.39 Å². The molecule has 1 aromatic rings. The molecule has 2 unspecified atom stereocenters. The smallest absolute Gasteiger partial charge is 0.123 e. The van der Waals surface area contributed by atoms with E-state index in [1.54, 1.807) is 6.07 Å². The van der Waals surface area contributed by atoms with Gasteiger partial charge in [0.25, 0.3) is 0 Å². The Balaban J connectivity index is 2.20. The Bertz CT molecular complexity index is 358. The van der Waals surface area contributed by atoms with Crippen LogP contribution < -0.4 is 5.73 Å². The Morgan fingerprint density at radius 3 is 2.60 bits per heavy atom. The molecule has 2 rings (SSSR count). The van der Waals surface area contributed by atoms with Gasteiger partial charge in [0.1, 0.15) is 5.82 Å². The summed E-state index contributed by atoms with van der Waals surface area (Å²) in [7, 11) is 0. The first-order valence-electron chi connectivity index (χ1n) is 5.61. The van der Waals surface area contributed by atoms with Crippen LogP contribution in [0.4, 0.5) is 4.39 Å². The lowest BCUT2D eigenvalue weighted by Gasteiger charge is -2.21. The van der Waals surface area contributed by atoms with Gasteiger partial charge in [0.05, 0.1) is 0 Å². The SMILES string of the molecule is Cc1cc(F)ccc1C(N)C(C)C1CC1. The lowest BCUT2D eigenvalue weighted by molar-refractivity contribution is 0.415. The van der Waals surface area contributed by atoms with Gasteiger partial charge >= 0.3 is 0 Å². The monoisotopic (exact) mass is 207 g/mol. The van der Waals surface area contributed by atoms with Crippen LogP contribution in [-0.4, -0.2) is 0 Å². The first-order valence-corrected chi connectivity index (χ1v) is 5.61. The molecule has 15 heavy (non-hydrogen) atoms. The highest BCUT2D eigenvalue weighted by atomic mass is 19.1. The van der Waals surface area contributed by atoms with Gasteiger partial charge in [-0.05, 0) is 54.9 Å². The van der Waals surface area contributed by atoms with Crippen molar-refractivity contribution in [1.29, 1.82) is 0 Å². The van der Waals surface area contributed by atoms with Gasteiger partial charge in [-0.25, -0.2) is 4.39 Å². The average molecular weight is 207 g/mol. The Kier molecular flexibility index (Phi) is 2.79. The molecule has 2 heteroatoms. The molecule has 1 aromatic carbocycles. The van der Waals surface area contributed by atoms with Crippen molar-refractivity contribution in [3.63, 3.8) is 0 Å². The predicted octanol–water partition coefficient (Wildman–Crippen LogP) is 3.18. The number of nitrogens with two attached hydrogens (primary N) is 1. The third kappa shape index (κ3) is 2.20. The maximum atomic E-state index is 12.9. The van der Waals surface area contributed by atoms with E-state index in [1.165, 1.54) is 18.9 Å². The summed E-state index contributed by atoms with van der Waals surface area (Å²) in [4.78, 5) is 0. The van der Waals surface area contributed by atoms with Gasteiger partial charge in [-0.1, -0.05) is 13.0 Å². The third-order valence-electron chi connectivity index (χ3n) is 3.52. The zero-order valence-corrected chi connectivity index (χ0v) is 9.33. The van der Waals surface area contributed by atoms with Gasteiger partial charge in [0.15, 0.2) is 0 Å². The fraction of sp³-hybridized carbons (Fsp3) is 0.538. The minimum atomic E-state index is -0.178. The lowest BCUT2D eigenvalue weighted by Crippen LogP contribution is -2.21. The van der Waals surface area contributed by atoms with E-state index in [1.807, 2.05) is 13.0 Å². The highest BCUT2D eigenvalue weighted by Crippen LogP contribution is 2.42. The van der Waals surface area contributed by atoms with Crippen LogP contribution >= 0.6 is 0 Å². The van der Waals surface area contributed by atoms with Crippen LogP contribution in [0.25, 0.3) is 0 Å². The molecule has 0 bridgehead atoms. The summed E-state index contributed by atoms with van der Waals surface area (Å²) in [6.45, 7) is 4.13. The quantitative estimate of drug-likeness (QED) is 0.809. The first-order chi connectivity index (χ1) is 7.09. The molecule has 1 fully saturated rings. The Morgan fingerprint density at radius 2 is 2.07 bits per heavy atom. The van der Waals surface area contributed by atoms with Gasteiger partial charge in [-0.15, -0.1) is 0 Å². The van der Waals surface area contributed by atoms with Crippen molar-refractivity contribution in [2.45, 2.75) is 32.7 Å². The van der Waals surface area contributed by atoms with Crippen LogP contribution in [0.1, 0.15) is 36.9 Å². The fourth-order valence-corrected chi connectivity index (χ4v) is 2.21. The molecular formula is C13H18FN. The van der Waals surface area contributed by atoms with Crippen molar-refractivity contribution in [3.05, 3.63) is 35.1 Å². The highest BCUT2D eigenvalue weighted by molar-refractivity contribution is 5.30. The number of hydrogen-bond donors (Lipinski definition) is 1. The molecule has 2 atom stereocenters. The number of aryl methyl sites for hydroxylation is 1. The van der Waals surface area contributed by atoms with E-state index >= 15 is 0 Å². The molecule has 1 aliphatic rings. The standard InChI is InChI=1S/C13H18FN/c1-8-7-11(14)5-6-12(8)13(15)9(2)10-3-4-10/h5-7,9-10,13H,3-4,15H2,1-2H3. The zero-order chi connectivity index (χ0) is 11.0. The summed E-state index contributed by atoms with van der Waals surface area (Å²) in [5, 5.41) is 0. The van der Waals surface area contributed by atoms with Gasteiger partial charge in [0.2, 0.25) is 0 Å². The summed E-state index contributed by atoms with van der Waals surface area (Å²) >= 11 is 0. The van der Waals surface area contributed by atoms with Gasteiger partial charge in [-0.2, -0.15) is 0 Å². The van der Waals surface area contributed by atoms with Crippen molar-refractivity contribution in [2.75, 3.05) is 0 Å². The Hall–Kier alpha value is -0.890. The summed E-state index contributed by atoms with van der Waals surface area (Å²) < 4.78 is 12.9. The van der Waals surface area contributed by atoms with E-state index in [2.05, 4.69) is 6.92 Å². The van der Waals surface area contributed by atoms with E-state index in [-0.39, 0.29) is 11.9 Å². The van der Waals surface area contributed by atoms with E-state index < -0.39 is 0 Å². The summed E-state index contributed by atoms with van der Waals surface area (Å²) in [6.07, 6.45) is 2.60. The Morgan fingerprint density at radius 1 is 1.40 bits per heavy atom. The van der Waals surface area contributed by atoms with Crippen molar-refractivity contribution in [2.24, 2.45) is 17.6 Å². The minimum absolute atomic E-state index is 0.0538. The molecule has 1 aliphatic carbocycles. The normalized spacial score (nSPS) is 20.0. The van der Waals surface area contributed by atoms with Crippen LogP contribution in [0.15, 0.2) is 18.2 Å². The van der Waals surface area contributed by atoms with Crippen LogP contribution in [-0.2, 0) is 0 Å². The maximum Gasteiger partial charge on any atom is 0.123 e. The minimum Gasteiger partial charge on any atom is -0.324 e. The van der Waals surface area contributed by atoms with E-state index in [0.29, 0.717) is 5.92 Å². The van der Waals surface area contributed by atoms with Crippen molar-refractivity contribution >= 4 is 0 Å². The molecule has 0 aromatic heterocycles. The van der Waals surface area contributed by atoms with E-state index in [9.17, 15) is 4.39 Å². The zero-order valence-electron chi connectivity index (χ0n) is 9.33. The second-order valence-corrected chi connectivity index (χ2v) is 4.72. The second kappa shape index (κ2) is 3.93. The molecule has 0 heterocycles. The number of hydrogen-bond acceptors (Lipinski definition) is 1. The Labute approximate surface area is 90.5 Å². The molecule has 0 radical (unpaired) electrons. The summed E-state index contributed by atoms with van der Waals surface area (Å²) in [5.41, 5.74) is 8.27. The third-order valence-corrected chi connectivity index (χ3v) is 3.52. The predicted molar refractivity (Wildman–Crippen MR) is 60.0 cm³/mol. The first kappa shape index (κ1) is 10.6.